The maximum Gasteiger partial charge on any atom is 0.0165 e. The molecule has 0 saturated carbocycles. The van der Waals surface area contributed by atoms with Crippen molar-refractivity contribution >= 4 is 0 Å². The number of likely N-dealkylation sites (tertiary alicyclic amines) is 1. The van der Waals surface area contributed by atoms with E-state index in [9.17, 15) is 0 Å². The molecule has 1 saturated heterocycles. The maximum absolute atomic E-state index is 5.90. The Morgan fingerprint density at radius 2 is 2.17 bits per heavy atom. The summed E-state index contributed by atoms with van der Waals surface area (Å²) in [5.41, 5.74) is 6.42. The van der Waals surface area contributed by atoms with Crippen LogP contribution >= 0.6 is 0 Å². The second-order valence-electron chi connectivity index (χ2n) is 4.82. The normalized spacial score (nSPS) is 26.0. The molecule has 2 nitrogen and oxygen atoms in total. The van der Waals surface area contributed by atoms with Crippen molar-refractivity contribution in [2.24, 2.45) is 11.1 Å². The van der Waals surface area contributed by atoms with Crippen molar-refractivity contribution in [2.45, 2.75) is 39.7 Å². The Morgan fingerprint density at radius 1 is 1.50 bits per heavy atom. The zero-order valence-electron chi connectivity index (χ0n) is 8.64. The molecule has 1 rings (SSSR count). The third-order valence-corrected chi connectivity index (χ3v) is 2.77. The number of hydrogen-bond acceptors (Lipinski definition) is 2. The van der Waals surface area contributed by atoms with Crippen LogP contribution in [0, 0.1) is 5.41 Å². The molecule has 1 fully saturated rings. The van der Waals surface area contributed by atoms with Crippen LogP contribution in [-0.2, 0) is 0 Å². The fourth-order valence-electron chi connectivity index (χ4n) is 1.84. The van der Waals surface area contributed by atoms with Gasteiger partial charge in [0.1, 0.15) is 0 Å². The van der Waals surface area contributed by atoms with E-state index in [2.05, 4.69) is 25.7 Å². The molecular formula is C10H22N2. The minimum absolute atomic E-state index is 0.374. The summed E-state index contributed by atoms with van der Waals surface area (Å²) >= 11 is 0. The van der Waals surface area contributed by atoms with Crippen LogP contribution in [0.5, 0.6) is 0 Å². The van der Waals surface area contributed by atoms with Gasteiger partial charge in [-0.25, -0.2) is 0 Å². The second-order valence-corrected chi connectivity index (χ2v) is 4.82. The summed E-state index contributed by atoms with van der Waals surface area (Å²) in [5.74, 6) is 0. The summed E-state index contributed by atoms with van der Waals surface area (Å²) in [6.07, 6.45) is 2.42. The Hall–Kier alpha value is -0.0800. The lowest BCUT2D eigenvalue weighted by Gasteiger charge is -2.22. The van der Waals surface area contributed by atoms with Gasteiger partial charge in [0, 0.05) is 19.1 Å². The summed E-state index contributed by atoms with van der Waals surface area (Å²) < 4.78 is 0. The van der Waals surface area contributed by atoms with Crippen molar-refractivity contribution < 1.29 is 0 Å². The van der Waals surface area contributed by atoms with E-state index < -0.39 is 0 Å². The van der Waals surface area contributed by atoms with Crippen molar-refractivity contribution in [3.8, 4) is 0 Å². The molecule has 1 aliphatic heterocycles. The summed E-state index contributed by atoms with van der Waals surface area (Å²) in [6.45, 7) is 10.4. The number of hydrogen-bond donors (Lipinski definition) is 1. The molecule has 0 aromatic heterocycles. The predicted molar refractivity (Wildman–Crippen MR) is 53.1 cm³/mol. The minimum atomic E-state index is 0.374. The highest BCUT2D eigenvalue weighted by atomic mass is 15.2. The lowest BCUT2D eigenvalue weighted by molar-refractivity contribution is 0.273. The molecule has 0 bridgehead atoms. The highest BCUT2D eigenvalue weighted by Gasteiger charge is 2.29. The Morgan fingerprint density at radius 3 is 2.58 bits per heavy atom. The van der Waals surface area contributed by atoms with Crippen molar-refractivity contribution in [1.82, 2.24) is 4.90 Å². The van der Waals surface area contributed by atoms with Gasteiger partial charge in [-0.05, 0) is 24.8 Å². The van der Waals surface area contributed by atoms with Crippen molar-refractivity contribution in [3.63, 3.8) is 0 Å². The molecule has 0 spiro atoms. The van der Waals surface area contributed by atoms with E-state index in [0.717, 1.165) is 13.0 Å². The Balaban J connectivity index is 2.28. The van der Waals surface area contributed by atoms with Crippen molar-refractivity contribution in [3.05, 3.63) is 0 Å². The molecule has 1 atom stereocenters. The van der Waals surface area contributed by atoms with Crippen molar-refractivity contribution in [1.29, 1.82) is 0 Å². The Bertz CT molecular complexity index is 143. The van der Waals surface area contributed by atoms with Crippen LogP contribution in [-0.4, -0.2) is 30.6 Å². The molecule has 0 unspecified atom stereocenters. The van der Waals surface area contributed by atoms with E-state index >= 15 is 0 Å². The minimum Gasteiger partial charge on any atom is -0.327 e. The molecule has 2 N–H and O–H groups in total. The van der Waals surface area contributed by atoms with Gasteiger partial charge in [-0.3, -0.25) is 0 Å². The highest BCUT2D eigenvalue weighted by molar-refractivity contribution is 4.83. The molecule has 0 aromatic carbocycles. The zero-order chi connectivity index (χ0) is 9.19. The molecule has 12 heavy (non-hydrogen) atoms. The molecule has 2 heteroatoms. The molecule has 1 aliphatic rings. The highest BCUT2D eigenvalue weighted by Crippen LogP contribution is 2.28. The second kappa shape index (κ2) is 3.75. The van der Waals surface area contributed by atoms with Gasteiger partial charge in [-0.2, -0.15) is 0 Å². The van der Waals surface area contributed by atoms with Gasteiger partial charge in [-0.1, -0.05) is 20.8 Å². The summed E-state index contributed by atoms with van der Waals surface area (Å²) in [5, 5.41) is 0. The third kappa shape index (κ3) is 2.76. The van der Waals surface area contributed by atoms with E-state index in [0.29, 0.717) is 11.5 Å². The monoisotopic (exact) mass is 170 g/mol. The summed E-state index contributed by atoms with van der Waals surface area (Å²) in [6, 6.07) is 0.374. The van der Waals surface area contributed by atoms with E-state index in [4.69, 9.17) is 5.73 Å². The lowest BCUT2D eigenvalue weighted by atomic mass is 9.93. The topological polar surface area (TPSA) is 29.3 Å². The van der Waals surface area contributed by atoms with Crippen LogP contribution in [0.25, 0.3) is 0 Å². The van der Waals surface area contributed by atoms with Gasteiger partial charge in [-0.15, -0.1) is 0 Å². The third-order valence-electron chi connectivity index (χ3n) is 2.77. The standard InChI is InChI=1S/C10H22N2/c1-4-9(11)7-12-6-5-10(2,3)8-12/h9H,4-8,11H2,1-3H3/t9-/m0/s1. The Labute approximate surface area is 76.1 Å². The lowest BCUT2D eigenvalue weighted by Crippen LogP contribution is -2.36. The van der Waals surface area contributed by atoms with Gasteiger partial charge >= 0.3 is 0 Å². The molecule has 0 aromatic rings. The number of rotatable bonds is 3. The van der Waals surface area contributed by atoms with Gasteiger partial charge < -0.3 is 10.6 Å². The Kier molecular flexibility index (Phi) is 3.13. The molecule has 0 radical (unpaired) electrons. The fraction of sp³-hybridized carbons (Fsp3) is 1.00. The van der Waals surface area contributed by atoms with Gasteiger partial charge in [0.15, 0.2) is 0 Å². The van der Waals surface area contributed by atoms with E-state index in [1.54, 1.807) is 0 Å². The van der Waals surface area contributed by atoms with Crippen LogP contribution in [0.1, 0.15) is 33.6 Å². The van der Waals surface area contributed by atoms with Crippen LogP contribution in [0.3, 0.4) is 0 Å². The average molecular weight is 170 g/mol. The summed E-state index contributed by atoms with van der Waals surface area (Å²) in [7, 11) is 0. The summed E-state index contributed by atoms with van der Waals surface area (Å²) in [4.78, 5) is 2.49. The zero-order valence-corrected chi connectivity index (χ0v) is 8.64. The van der Waals surface area contributed by atoms with Crippen LogP contribution < -0.4 is 5.73 Å². The van der Waals surface area contributed by atoms with Gasteiger partial charge in [0.05, 0.1) is 0 Å². The molecule has 1 heterocycles. The average Bonchev–Trinajstić information content (AvgIpc) is 2.30. The SMILES string of the molecule is CC[C@H](N)CN1CCC(C)(C)C1. The van der Waals surface area contributed by atoms with Crippen LogP contribution in [0.4, 0.5) is 0 Å². The molecular weight excluding hydrogens is 148 g/mol. The van der Waals surface area contributed by atoms with E-state index in [1.807, 2.05) is 0 Å². The smallest absolute Gasteiger partial charge is 0.0165 e. The van der Waals surface area contributed by atoms with E-state index in [-0.39, 0.29) is 0 Å². The maximum atomic E-state index is 5.90. The molecule has 0 amide bonds. The number of nitrogens with two attached hydrogens (primary N) is 1. The van der Waals surface area contributed by atoms with E-state index in [1.165, 1.54) is 19.5 Å². The van der Waals surface area contributed by atoms with Gasteiger partial charge in [0.25, 0.3) is 0 Å². The van der Waals surface area contributed by atoms with Crippen molar-refractivity contribution in [2.75, 3.05) is 19.6 Å². The van der Waals surface area contributed by atoms with Gasteiger partial charge in [0.2, 0.25) is 0 Å². The molecule has 72 valence electrons. The first-order valence-corrected chi connectivity index (χ1v) is 5.01. The first-order chi connectivity index (χ1) is 5.53. The largest absolute Gasteiger partial charge is 0.327 e. The molecule has 0 aliphatic carbocycles. The first kappa shape index (κ1) is 10.0. The predicted octanol–water partition coefficient (Wildman–Crippen LogP) is 1.46. The number of nitrogens with zero attached hydrogens (tertiary/aromatic N) is 1. The first-order valence-electron chi connectivity index (χ1n) is 5.01. The fourth-order valence-corrected chi connectivity index (χ4v) is 1.84. The van der Waals surface area contributed by atoms with Crippen LogP contribution in [0.15, 0.2) is 0 Å². The quantitative estimate of drug-likeness (QED) is 0.694. The van der Waals surface area contributed by atoms with Crippen LogP contribution in [0.2, 0.25) is 0 Å².